The first-order valence-electron chi connectivity index (χ1n) is 7.30. The van der Waals surface area contributed by atoms with Gasteiger partial charge in [-0.15, -0.1) is 12.4 Å². The van der Waals surface area contributed by atoms with Crippen LogP contribution in [0.3, 0.4) is 0 Å². The molecule has 1 aliphatic rings. The Morgan fingerprint density at radius 3 is 2.38 bits per heavy atom. The Kier molecular flexibility index (Phi) is 6.56. The van der Waals surface area contributed by atoms with Gasteiger partial charge in [-0.2, -0.15) is 24.5 Å². The van der Waals surface area contributed by atoms with Crippen LogP contribution in [0.25, 0.3) is 0 Å². The van der Waals surface area contributed by atoms with E-state index in [-0.39, 0.29) is 23.5 Å². The molecular formula is C16H17Cl2F3N2S. The first-order valence-corrected chi connectivity index (χ1v) is 8.62. The van der Waals surface area contributed by atoms with E-state index in [0.29, 0.717) is 0 Å². The topological polar surface area (TPSA) is 15.3 Å². The number of nitrogens with zero attached hydrogens (tertiary/aromatic N) is 1. The largest absolute Gasteiger partial charge is 0.417 e. The summed E-state index contributed by atoms with van der Waals surface area (Å²) in [5.74, 6) is 0. The van der Waals surface area contributed by atoms with Crippen LogP contribution in [0.1, 0.15) is 22.7 Å². The van der Waals surface area contributed by atoms with Gasteiger partial charge in [0.05, 0.1) is 16.6 Å². The molecule has 0 amide bonds. The summed E-state index contributed by atoms with van der Waals surface area (Å²) in [6, 6.07) is 6.03. The molecule has 1 aliphatic heterocycles. The number of halogens is 5. The van der Waals surface area contributed by atoms with E-state index in [1.165, 1.54) is 6.07 Å². The van der Waals surface area contributed by atoms with E-state index in [2.05, 4.69) is 10.2 Å². The zero-order chi connectivity index (χ0) is 16.4. The average molecular weight is 397 g/mol. The van der Waals surface area contributed by atoms with Crippen molar-refractivity contribution in [3.8, 4) is 0 Å². The maximum absolute atomic E-state index is 12.9. The molecule has 1 saturated heterocycles. The number of alkyl halides is 3. The highest BCUT2D eigenvalue weighted by Gasteiger charge is 2.34. The summed E-state index contributed by atoms with van der Waals surface area (Å²) in [5, 5.41) is 7.07. The first-order chi connectivity index (χ1) is 11.0. The third kappa shape index (κ3) is 4.24. The lowest BCUT2D eigenvalue weighted by atomic mass is 9.97. The second kappa shape index (κ2) is 8.06. The van der Waals surface area contributed by atoms with Crippen molar-refractivity contribution in [1.82, 2.24) is 10.2 Å². The predicted molar refractivity (Wildman–Crippen MR) is 94.3 cm³/mol. The van der Waals surface area contributed by atoms with E-state index >= 15 is 0 Å². The maximum Gasteiger partial charge on any atom is 0.417 e. The van der Waals surface area contributed by atoms with Crippen LogP contribution in [0.4, 0.5) is 13.2 Å². The molecule has 2 nitrogen and oxygen atoms in total. The first kappa shape index (κ1) is 19.5. The molecule has 1 fully saturated rings. The summed E-state index contributed by atoms with van der Waals surface area (Å²) in [5.41, 5.74) is 1.10. The minimum atomic E-state index is -4.43. The van der Waals surface area contributed by atoms with Gasteiger partial charge in [-0.1, -0.05) is 17.7 Å². The molecule has 2 aromatic rings. The van der Waals surface area contributed by atoms with Crippen LogP contribution in [-0.2, 0) is 6.18 Å². The Morgan fingerprint density at radius 2 is 1.83 bits per heavy atom. The molecule has 0 bridgehead atoms. The number of benzene rings is 1. The Morgan fingerprint density at radius 1 is 1.12 bits per heavy atom. The van der Waals surface area contributed by atoms with Crippen LogP contribution in [0.15, 0.2) is 35.0 Å². The summed E-state index contributed by atoms with van der Waals surface area (Å²) in [6.45, 7) is 3.43. The quantitative estimate of drug-likeness (QED) is 0.798. The molecule has 1 atom stereocenters. The number of rotatable bonds is 3. The van der Waals surface area contributed by atoms with E-state index in [4.69, 9.17) is 11.6 Å². The lowest BCUT2D eigenvalue weighted by Crippen LogP contribution is -2.45. The Labute approximate surface area is 154 Å². The van der Waals surface area contributed by atoms with Gasteiger partial charge in [-0.25, -0.2) is 0 Å². The monoisotopic (exact) mass is 396 g/mol. The summed E-state index contributed by atoms with van der Waals surface area (Å²) in [4.78, 5) is 2.28. The van der Waals surface area contributed by atoms with Crippen molar-refractivity contribution in [1.29, 1.82) is 0 Å². The fourth-order valence-electron chi connectivity index (χ4n) is 2.92. The minimum absolute atomic E-state index is 0. The van der Waals surface area contributed by atoms with Crippen LogP contribution >= 0.6 is 35.3 Å². The molecule has 0 spiro atoms. The lowest BCUT2D eigenvalue weighted by Gasteiger charge is -2.35. The van der Waals surface area contributed by atoms with E-state index in [9.17, 15) is 13.2 Å². The highest BCUT2D eigenvalue weighted by molar-refractivity contribution is 7.08. The molecule has 0 radical (unpaired) electrons. The van der Waals surface area contributed by atoms with Gasteiger partial charge >= 0.3 is 6.18 Å². The van der Waals surface area contributed by atoms with Crippen molar-refractivity contribution in [2.75, 3.05) is 26.2 Å². The van der Waals surface area contributed by atoms with E-state index in [1.54, 1.807) is 17.4 Å². The minimum Gasteiger partial charge on any atom is -0.314 e. The van der Waals surface area contributed by atoms with Crippen LogP contribution < -0.4 is 5.32 Å². The van der Waals surface area contributed by atoms with Crippen molar-refractivity contribution < 1.29 is 13.2 Å². The molecule has 1 N–H and O–H groups in total. The standard InChI is InChI=1S/C16H16ClF3N2S.ClH/c17-14-9-11(1-2-13(14)16(18,19)20)15(12-3-8-23-10-12)22-6-4-21-5-7-22;/h1-3,8-10,15,21H,4-7H2;1H/t15-;/m1./s1. The third-order valence-corrected chi connectivity index (χ3v) is 5.00. The second-order valence-electron chi connectivity index (χ2n) is 5.48. The fraction of sp³-hybridized carbons (Fsp3) is 0.375. The maximum atomic E-state index is 12.9. The highest BCUT2D eigenvalue weighted by atomic mass is 35.5. The van der Waals surface area contributed by atoms with Gasteiger partial charge in [0.15, 0.2) is 0 Å². The number of thiophene rings is 1. The average Bonchev–Trinajstić information content (AvgIpc) is 3.01. The predicted octanol–water partition coefficient (Wildman–Crippen LogP) is 4.84. The van der Waals surface area contributed by atoms with Crippen molar-refractivity contribution in [2.24, 2.45) is 0 Å². The Bertz CT molecular complexity index is 656. The number of piperazine rings is 1. The van der Waals surface area contributed by atoms with Crippen LogP contribution in [-0.4, -0.2) is 31.1 Å². The molecule has 8 heteroatoms. The van der Waals surface area contributed by atoms with Gasteiger partial charge in [-0.05, 0) is 40.1 Å². The van der Waals surface area contributed by atoms with Crippen molar-refractivity contribution in [2.45, 2.75) is 12.2 Å². The van der Waals surface area contributed by atoms with E-state index in [1.807, 2.05) is 16.8 Å². The summed E-state index contributed by atoms with van der Waals surface area (Å²) in [6.07, 6.45) is -4.43. The van der Waals surface area contributed by atoms with Gasteiger partial charge in [0.2, 0.25) is 0 Å². The molecule has 132 valence electrons. The molecule has 0 aliphatic carbocycles. The summed E-state index contributed by atoms with van der Waals surface area (Å²) < 4.78 is 38.7. The van der Waals surface area contributed by atoms with E-state index in [0.717, 1.165) is 43.4 Å². The zero-order valence-corrected chi connectivity index (χ0v) is 15.0. The molecule has 0 saturated carbocycles. The lowest BCUT2D eigenvalue weighted by molar-refractivity contribution is -0.137. The van der Waals surface area contributed by atoms with Gasteiger partial charge in [0.1, 0.15) is 0 Å². The molecule has 3 rings (SSSR count). The second-order valence-corrected chi connectivity index (χ2v) is 6.67. The normalized spacial score (nSPS) is 17.3. The smallest absolute Gasteiger partial charge is 0.314 e. The van der Waals surface area contributed by atoms with Gasteiger partial charge in [-0.3, -0.25) is 4.90 Å². The van der Waals surface area contributed by atoms with Crippen LogP contribution in [0.5, 0.6) is 0 Å². The molecular weight excluding hydrogens is 380 g/mol. The molecule has 1 aromatic carbocycles. The van der Waals surface area contributed by atoms with Crippen molar-refractivity contribution in [3.63, 3.8) is 0 Å². The van der Waals surface area contributed by atoms with E-state index < -0.39 is 11.7 Å². The van der Waals surface area contributed by atoms with Gasteiger partial charge < -0.3 is 5.32 Å². The SMILES string of the molecule is Cl.FC(F)(F)c1ccc([C@H](c2ccsc2)N2CCNCC2)cc1Cl. The Hall–Kier alpha value is -0.790. The third-order valence-electron chi connectivity index (χ3n) is 3.99. The number of hydrogen-bond acceptors (Lipinski definition) is 3. The fourth-order valence-corrected chi connectivity index (χ4v) is 3.89. The van der Waals surface area contributed by atoms with Crippen molar-refractivity contribution >= 4 is 35.3 Å². The number of nitrogens with one attached hydrogen (secondary N) is 1. The van der Waals surface area contributed by atoms with Crippen LogP contribution in [0.2, 0.25) is 5.02 Å². The van der Waals surface area contributed by atoms with Crippen molar-refractivity contribution in [3.05, 3.63) is 56.7 Å². The zero-order valence-electron chi connectivity index (χ0n) is 12.6. The number of hydrogen-bond donors (Lipinski definition) is 1. The summed E-state index contributed by atoms with van der Waals surface area (Å²) >= 11 is 7.49. The van der Waals surface area contributed by atoms with Crippen LogP contribution in [0, 0.1) is 0 Å². The molecule has 24 heavy (non-hydrogen) atoms. The Balaban J connectivity index is 0.00000208. The highest BCUT2D eigenvalue weighted by Crippen LogP contribution is 2.38. The summed E-state index contributed by atoms with van der Waals surface area (Å²) in [7, 11) is 0. The van der Waals surface area contributed by atoms with Gasteiger partial charge in [0, 0.05) is 26.2 Å². The molecule has 1 aromatic heterocycles. The molecule has 2 heterocycles. The molecule has 0 unspecified atom stereocenters. The van der Waals surface area contributed by atoms with Gasteiger partial charge in [0.25, 0.3) is 0 Å².